The minimum atomic E-state index is -0.750. The lowest BCUT2D eigenvalue weighted by molar-refractivity contribution is 0.128. The summed E-state index contributed by atoms with van der Waals surface area (Å²) < 4.78 is 9.02. The van der Waals surface area contributed by atoms with Crippen LogP contribution in [0.15, 0.2) is 41.9 Å². The van der Waals surface area contributed by atoms with Gasteiger partial charge in [0.15, 0.2) is 6.73 Å². The Morgan fingerprint density at radius 1 is 1.38 bits per heavy atom. The predicted molar refractivity (Wildman–Crippen MR) is 86.0 cm³/mol. The number of carbonyl (C=O) groups is 2. The van der Waals surface area contributed by atoms with E-state index in [1.54, 1.807) is 18.6 Å². The summed E-state index contributed by atoms with van der Waals surface area (Å²) in [6.07, 6.45) is 7.48. The number of aromatic amines is 1. The maximum Gasteiger partial charge on any atom is 0.414 e. The summed E-state index contributed by atoms with van der Waals surface area (Å²) in [5.41, 5.74) is 2.70. The van der Waals surface area contributed by atoms with Crippen LogP contribution in [0.1, 0.15) is 11.1 Å². The average Bonchev–Trinajstić information content (AvgIpc) is 3.02. The fourth-order valence-corrected chi connectivity index (χ4v) is 1.80. The van der Waals surface area contributed by atoms with E-state index in [2.05, 4.69) is 30.3 Å². The highest BCUT2D eigenvalue weighted by molar-refractivity contribution is 5.83. The molecule has 126 valence electrons. The molecule has 0 aromatic carbocycles. The number of aromatic nitrogens is 2. The van der Waals surface area contributed by atoms with Gasteiger partial charge in [0, 0.05) is 31.2 Å². The van der Waals surface area contributed by atoms with E-state index in [4.69, 9.17) is 4.74 Å². The molecule has 2 aromatic heterocycles. The van der Waals surface area contributed by atoms with E-state index in [0.717, 1.165) is 11.1 Å². The van der Waals surface area contributed by atoms with E-state index in [0.29, 0.717) is 12.1 Å². The first-order valence-electron chi connectivity index (χ1n) is 7.01. The molecule has 0 aliphatic heterocycles. The second kappa shape index (κ2) is 8.93. The van der Waals surface area contributed by atoms with Gasteiger partial charge in [-0.3, -0.25) is 15.6 Å². The van der Waals surface area contributed by atoms with E-state index < -0.39 is 12.2 Å². The molecular weight excluding hydrogens is 314 g/mol. The van der Waals surface area contributed by atoms with Gasteiger partial charge in [0.1, 0.15) is 0 Å². The molecule has 2 amide bonds. The van der Waals surface area contributed by atoms with Gasteiger partial charge in [-0.2, -0.15) is 0 Å². The van der Waals surface area contributed by atoms with Gasteiger partial charge in [-0.1, -0.05) is 6.07 Å². The molecule has 0 spiro atoms. The lowest BCUT2D eigenvalue weighted by atomic mass is 10.1. The van der Waals surface area contributed by atoms with Crippen molar-refractivity contribution in [1.82, 2.24) is 20.6 Å². The van der Waals surface area contributed by atoms with Crippen LogP contribution in [0.4, 0.5) is 15.3 Å². The highest BCUT2D eigenvalue weighted by atomic mass is 16.6. The Morgan fingerprint density at radius 3 is 3.00 bits per heavy atom. The van der Waals surface area contributed by atoms with Crippen molar-refractivity contribution < 1.29 is 19.1 Å². The standard InChI is InChI=1S/C15H17N5O4/c1-23-14(21)20-10-24-15(22)19-9-18-13-8-17-7-12(13)5-11-3-2-4-16-6-11/h2-4,6-9,17H,5,10H2,1H3,(H,20,21)(H,18,19,22). The molecule has 3 N–H and O–H groups in total. The zero-order valence-electron chi connectivity index (χ0n) is 13.0. The summed E-state index contributed by atoms with van der Waals surface area (Å²) in [6.45, 7) is -0.303. The van der Waals surface area contributed by atoms with Gasteiger partial charge in [-0.15, -0.1) is 0 Å². The fraction of sp³-hybridized carbons (Fsp3) is 0.200. The van der Waals surface area contributed by atoms with Crippen LogP contribution in [-0.2, 0) is 15.9 Å². The molecule has 0 bridgehead atoms. The third-order valence-electron chi connectivity index (χ3n) is 2.92. The Bertz CT molecular complexity index is 699. The quantitative estimate of drug-likeness (QED) is 0.423. The molecule has 2 rings (SSSR count). The molecule has 2 heterocycles. The number of hydrogen-bond donors (Lipinski definition) is 3. The molecule has 0 aliphatic carbocycles. The van der Waals surface area contributed by atoms with Crippen molar-refractivity contribution in [2.75, 3.05) is 13.8 Å². The van der Waals surface area contributed by atoms with E-state index in [9.17, 15) is 9.59 Å². The Balaban J connectivity index is 1.81. The Kier molecular flexibility index (Phi) is 6.33. The third-order valence-corrected chi connectivity index (χ3v) is 2.92. The Morgan fingerprint density at radius 2 is 2.25 bits per heavy atom. The molecule has 24 heavy (non-hydrogen) atoms. The number of hydrogen-bond acceptors (Lipinski definition) is 6. The van der Waals surface area contributed by atoms with Gasteiger partial charge < -0.3 is 14.5 Å². The lowest BCUT2D eigenvalue weighted by Gasteiger charge is -2.04. The van der Waals surface area contributed by atoms with Crippen molar-refractivity contribution in [3.63, 3.8) is 0 Å². The number of amides is 2. The number of carbonyl (C=O) groups excluding carboxylic acids is 2. The molecule has 0 radical (unpaired) electrons. The monoisotopic (exact) mass is 331 g/mol. The van der Waals surface area contributed by atoms with Crippen molar-refractivity contribution >= 4 is 24.2 Å². The van der Waals surface area contributed by atoms with Crippen LogP contribution in [0.5, 0.6) is 0 Å². The van der Waals surface area contributed by atoms with Crippen LogP contribution in [0.3, 0.4) is 0 Å². The van der Waals surface area contributed by atoms with Gasteiger partial charge >= 0.3 is 12.2 Å². The molecule has 9 nitrogen and oxygen atoms in total. The lowest BCUT2D eigenvalue weighted by Crippen LogP contribution is -2.31. The van der Waals surface area contributed by atoms with Gasteiger partial charge in [0.2, 0.25) is 0 Å². The number of aliphatic imine (C=N–C) groups is 1. The van der Waals surface area contributed by atoms with E-state index in [1.165, 1.54) is 13.4 Å². The van der Waals surface area contributed by atoms with Crippen LogP contribution in [0.25, 0.3) is 0 Å². The van der Waals surface area contributed by atoms with Gasteiger partial charge in [-0.05, 0) is 17.2 Å². The third kappa shape index (κ3) is 5.44. The molecular formula is C15H17N5O4. The normalized spacial score (nSPS) is 10.4. The highest BCUT2D eigenvalue weighted by Crippen LogP contribution is 2.20. The summed E-state index contributed by atoms with van der Waals surface area (Å²) in [5, 5.41) is 4.54. The molecule has 0 saturated carbocycles. The smallest absolute Gasteiger partial charge is 0.414 e. The summed E-state index contributed by atoms with van der Waals surface area (Å²) in [5.74, 6) is 0. The maximum absolute atomic E-state index is 11.4. The van der Waals surface area contributed by atoms with Gasteiger partial charge in [-0.25, -0.2) is 14.6 Å². The topological polar surface area (TPSA) is 118 Å². The van der Waals surface area contributed by atoms with Crippen LogP contribution < -0.4 is 10.6 Å². The molecule has 9 heteroatoms. The summed E-state index contributed by atoms with van der Waals surface area (Å²) in [4.78, 5) is 33.4. The van der Waals surface area contributed by atoms with Crippen molar-refractivity contribution in [3.05, 3.63) is 48.0 Å². The number of alkyl carbamates (subject to hydrolysis) is 2. The van der Waals surface area contributed by atoms with E-state index in [-0.39, 0.29) is 6.73 Å². The summed E-state index contributed by atoms with van der Waals surface area (Å²) in [7, 11) is 1.21. The average molecular weight is 331 g/mol. The zero-order chi connectivity index (χ0) is 17.2. The second-order valence-corrected chi connectivity index (χ2v) is 4.55. The van der Waals surface area contributed by atoms with Crippen molar-refractivity contribution in [3.8, 4) is 0 Å². The van der Waals surface area contributed by atoms with Crippen LogP contribution in [-0.4, -0.2) is 42.3 Å². The molecule has 0 atom stereocenters. The zero-order valence-corrected chi connectivity index (χ0v) is 13.0. The number of nitrogens with one attached hydrogen (secondary N) is 3. The highest BCUT2D eigenvalue weighted by Gasteiger charge is 2.05. The number of methoxy groups -OCH3 is 1. The number of H-pyrrole nitrogens is 1. The van der Waals surface area contributed by atoms with Gasteiger partial charge in [0.25, 0.3) is 0 Å². The summed E-state index contributed by atoms with van der Waals surface area (Å²) in [6, 6.07) is 3.84. The molecule has 0 aliphatic rings. The number of ether oxygens (including phenoxy) is 2. The van der Waals surface area contributed by atoms with Crippen LogP contribution >= 0.6 is 0 Å². The SMILES string of the molecule is COC(=O)NCOC(=O)NC=Nc1c[nH]cc1Cc1cccnc1. The molecule has 0 fully saturated rings. The maximum atomic E-state index is 11.4. The van der Waals surface area contributed by atoms with Crippen LogP contribution in [0, 0.1) is 0 Å². The minimum Gasteiger partial charge on any atom is -0.453 e. The molecule has 0 unspecified atom stereocenters. The van der Waals surface area contributed by atoms with Crippen molar-refractivity contribution in [2.45, 2.75) is 6.42 Å². The van der Waals surface area contributed by atoms with Crippen molar-refractivity contribution in [1.29, 1.82) is 0 Å². The predicted octanol–water partition coefficient (Wildman–Crippen LogP) is 1.70. The second-order valence-electron chi connectivity index (χ2n) is 4.55. The number of rotatable bonds is 6. The minimum absolute atomic E-state index is 0.303. The van der Waals surface area contributed by atoms with Crippen molar-refractivity contribution in [2.24, 2.45) is 4.99 Å². The molecule has 0 saturated heterocycles. The van der Waals surface area contributed by atoms with E-state index >= 15 is 0 Å². The first-order chi connectivity index (χ1) is 11.7. The molecule has 2 aromatic rings. The largest absolute Gasteiger partial charge is 0.453 e. The summed E-state index contributed by atoms with van der Waals surface area (Å²) >= 11 is 0. The number of nitrogens with zero attached hydrogens (tertiary/aromatic N) is 2. The number of pyridine rings is 1. The first-order valence-corrected chi connectivity index (χ1v) is 7.01. The first kappa shape index (κ1) is 17.0. The fourth-order valence-electron chi connectivity index (χ4n) is 1.80. The van der Waals surface area contributed by atoms with E-state index in [1.807, 2.05) is 18.3 Å². The van der Waals surface area contributed by atoms with Gasteiger partial charge in [0.05, 0.1) is 19.1 Å². The Labute approximate surface area is 138 Å². The van der Waals surface area contributed by atoms with Crippen LogP contribution in [0.2, 0.25) is 0 Å². The Hall–Kier alpha value is -3.36.